The zero-order valence-electron chi connectivity index (χ0n) is 14.1. The van der Waals surface area contributed by atoms with E-state index < -0.39 is 0 Å². The fraction of sp³-hybridized carbons (Fsp3) is 0.333. The minimum absolute atomic E-state index is 0.0713. The van der Waals surface area contributed by atoms with E-state index in [1.807, 2.05) is 4.90 Å². The summed E-state index contributed by atoms with van der Waals surface area (Å²) >= 11 is 6.00. The number of aromatic nitrogens is 1. The summed E-state index contributed by atoms with van der Waals surface area (Å²) in [7, 11) is 0. The van der Waals surface area contributed by atoms with E-state index in [4.69, 9.17) is 16.3 Å². The molecule has 2 aliphatic heterocycles. The largest absolute Gasteiger partial charge is 0.489 e. The van der Waals surface area contributed by atoms with Gasteiger partial charge in [-0.1, -0.05) is 11.6 Å². The van der Waals surface area contributed by atoms with Gasteiger partial charge in [0.15, 0.2) is 11.6 Å². The van der Waals surface area contributed by atoms with Crippen LogP contribution in [0.4, 0.5) is 20.7 Å². The standard InChI is InChI=1S/C18H18ClFN4O2/c19-13-3-4-15-16(12-13)26-11-10-24(15)18(25)23-8-6-22(7-9-23)17-14(20)2-1-5-21-17/h1-5,12H,6-11H2. The number of pyridine rings is 1. The molecule has 0 atom stereocenters. The summed E-state index contributed by atoms with van der Waals surface area (Å²) < 4.78 is 19.5. The summed E-state index contributed by atoms with van der Waals surface area (Å²) in [6.07, 6.45) is 1.58. The fourth-order valence-electron chi connectivity index (χ4n) is 3.28. The van der Waals surface area contributed by atoms with Gasteiger partial charge in [0.25, 0.3) is 0 Å². The normalized spacial score (nSPS) is 16.9. The topological polar surface area (TPSA) is 48.9 Å². The average molecular weight is 377 g/mol. The zero-order valence-corrected chi connectivity index (χ0v) is 14.8. The van der Waals surface area contributed by atoms with Crippen molar-refractivity contribution in [2.75, 3.05) is 49.1 Å². The maximum absolute atomic E-state index is 13.9. The van der Waals surface area contributed by atoms with Gasteiger partial charge in [0.05, 0.1) is 12.2 Å². The molecule has 0 radical (unpaired) electrons. The Morgan fingerprint density at radius 1 is 1.15 bits per heavy atom. The summed E-state index contributed by atoms with van der Waals surface area (Å²) in [5, 5.41) is 0.573. The highest BCUT2D eigenvalue weighted by atomic mass is 35.5. The molecule has 1 aromatic carbocycles. The van der Waals surface area contributed by atoms with Crippen molar-refractivity contribution < 1.29 is 13.9 Å². The second kappa shape index (κ2) is 6.99. The number of hydrogen-bond donors (Lipinski definition) is 0. The van der Waals surface area contributed by atoms with Crippen LogP contribution in [-0.2, 0) is 0 Å². The molecule has 8 heteroatoms. The number of ether oxygens (including phenoxy) is 1. The van der Waals surface area contributed by atoms with Crippen molar-refractivity contribution in [3.05, 3.63) is 47.4 Å². The van der Waals surface area contributed by atoms with Gasteiger partial charge in [-0.3, -0.25) is 4.90 Å². The molecule has 0 aliphatic carbocycles. The molecule has 0 saturated carbocycles. The molecule has 0 spiro atoms. The summed E-state index contributed by atoms with van der Waals surface area (Å²) in [4.78, 5) is 22.4. The van der Waals surface area contributed by atoms with E-state index in [0.717, 1.165) is 5.69 Å². The van der Waals surface area contributed by atoms with E-state index in [9.17, 15) is 9.18 Å². The van der Waals surface area contributed by atoms with Crippen molar-refractivity contribution in [1.29, 1.82) is 0 Å². The number of benzene rings is 1. The van der Waals surface area contributed by atoms with Crippen LogP contribution in [0.25, 0.3) is 0 Å². The van der Waals surface area contributed by atoms with Crippen LogP contribution < -0.4 is 14.5 Å². The van der Waals surface area contributed by atoms with E-state index in [-0.39, 0.29) is 11.8 Å². The minimum Gasteiger partial charge on any atom is -0.489 e. The van der Waals surface area contributed by atoms with Crippen LogP contribution in [0.1, 0.15) is 0 Å². The number of carbonyl (C=O) groups excluding carboxylic acids is 1. The molecule has 2 aliphatic rings. The van der Waals surface area contributed by atoms with Gasteiger partial charge in [0.2, 0.25) is 0 Å². The van der Waals surface area contributed by atoms with Crippen molar-refractivity contribution in [2.24, 2.45) is 0 Å². The van der Waals surface area contributed by atoms with E-state index >= 15 is 0 Å². The fourth-order valence-corrected chi connectivity index (χ4v) is 3.44. The van der Waals surface area contributed by atoms with Crippen LogP contribution >= 0.6 is 11.6 Å². The number of anilines is 2. The molecule has 0 N–H and O–H groups in total. The number of rotatable bonds is 1. The third kappa shape index (κ3) is 3.14. The van der Waals surface area contributed by atoms with Crippen molar-refractivity contribution in [2.45, 2.75) is 0 Å². The Hall–Kier alpha value is -2.54. The molecule has 0 bridgehead atoms. The van der Waals surface area contributed by atoms with Gasteiger partial charge in [0, 0.05) is 43.5 Å². The molecule has 1 fully saturated rings. The summed E-state index contributed by atoms with van der Waals surface area (Å²) in [5.74, 6) is 0.614. The van der Waals surface area contributed by atoms with Gasteiger partial charge >= 0.3 is 6.03 Å². The Kier molecular flexibility index (Phi) is 4.55. The van der Waals surface area contributed by atoms with Gasteiger partial charge in [-0.2, -0.15) is 0 Å². The number of carbonyl (C=O) groups is 1. The van der Waals surface area contributed by atoms with Gasteiger partial charge in [-0.25, -0.2) is 14.2 Å². The maximum atomic E-state index is 13.9. The Labute approximate surface area is 155 Å². The SMILES string of the molecule is O=C(N1CCN(c2ncccc2F)CC1)N1CCOc2cc(Cl)ccc21. The first-order chi connectivity index (χ1) is 12.6. The third-order valence-electron chi connectivity index (χ3n) is 4.60. The van der Waals surface area contributed by atoms with Crippen molar-refractivity contribution in [3.8, 4) is 5.75 Å². The van der Waals surface area contributed by atoms with E-state index in [0.29, 0.717) is 55.9 Å². The lowest BCUT2D eigenvalue weighted by Gasteiger charge is -2.39. The molecule has 1 saturated heterocycles. The second-order valence-electron chi connectivity index (χ2n) is 6.18. The Morgan fingerprint density at radius 2 is 1.96 bits per heavy atom. The highest BCUT2D eigenvalue weighted by molar-refractivity contribution is 6.30. The first kappa shape index (κ1) is 16.9. The third-order valence-corrected chi connectivity index (χ3v) is 4.84. The molecule has 6 nitrogen and oxygen atoms in total. The van der Waals surface area contributed by atoms with E-state index in [1.165, 1.54) is 6.07 Å². The minimum atomic E-state index is -0.341. The first-order valence-electron chi connectivity index (χ1n) is 8.48. The van der Waals surface area contributed by atoms with Gasteiger partial charge in [0.1, 0.15) is 12.4 Å². The van der Waals surface area contributed by atoms with Crippen LogP contribution in [0, 0.1) is 5.82 Å². The molecule has 2 aromatic rings. The Bertz CT molecular complexity index is 827. The van der Waals surface area contributed by atoms with Crippen LogP contribution in [0.3, 0.4) is 0 Å². The quantitative estimate of drug-likeness (QED) is 0.767. The van der Waals surface area contributed by atoms with Gasteiger partial charge in [-0.15, -0.1) is 0 Å². The lowest BCUT2D eigenvalue weighted by molar-refractivity contribution is 0.196. The first-order valence-corrected chi connectivity index (χ1v) is 8.85. The highest BCUT2D eigenvalue weighted by Crippen LogP contribution is 2.34. The van der Waals surface area contributed by atoms with Gasteiger partial charge in [-0.05, 0) is 24.3 Å². The number of amides is 2. The number of halogens is 2. The van der Waals surface area contributed by atoms with E-state index in [2.05, 4.69) is 4.98 Å². The molecule has 3 heterocycles. The number of piperazine rings is 1. The van der Waals surface area contributed by atoms with Crippen LogP contribution in [-0.4, -0.2) is 55.2 Å². The predicted octanol–water partition coefficient (Wildman–Crippen LogP) is 3.02. The molecule has 4 rings (SSSR count). The van der Waals surface area contributed by atoms with Crippen molar-refractivity contribution in [3.63, 3.8) is 0 Å². The smallest absolute Gasteiger partial charge is 0.324 e. The van der Waals surface area contributed by atoms with Crippen LogP contribution in [0.15, 0.2) is 36.5 Å². The summed E-state index contributed by atoms with van der Waals surface area (Å²) in [6, 6.07) is 8.16. The van der Waals surface area contributed by atoms with Crippen LogP contribution in [0.2, 0.25) is 5.02 Å². The molecule has 1 aromatic heterocycles. The van der Waals surface area contributed by atoms with Crippen molar-refractivity contribution >= 4 is 29.1 Å². The Balaban J connectivity index is 1.46. The average Bonchev–Trinajstić information content (AvgIpc) is 2.67. The van der Waals surface area contributed by atoms with Gasteiger partial charge < -0.3 is 14.5 Å². The van der Waals surface area contributed by atoms with E-state index in [1.54, 1.807) is 40.3 Å². The lowest BCUT2D eigenvalue weighted by Crippen LogP contribution is -2.54. The number of nitrogens with zero attached hydrogens (tertiary/aromatic N) is 4. The maximum Gasteiger partial charge on any atom is 0.324 e. The number of urea groups is 1. The monoisotopic (exact) mass is 376 g/mol. The molecule has 0 unspecified atom stereocenters. The summed E-state index contributed by atoms with van der Waals surface area (Å²) in [6.45, 7) is 3.01. The number of fused-ring (bicyclic) bond motifs is 1. The number of hydrogen-bond acceptors (Lipinski definition) is 4. The van der Waals surface area contributed by atoms with Crippen molar-refractivity contribution in [1.82, 2.24) is 9.88 Å². The predicted molar refractivity (Wildman–Crippen MR) is 97.7 cm³/mol. The summed E-state index contributed by atoms with van der Waals surface area (Å²) in [5.41, 5.74) is 0.726. The highest BCUT2D eigenvalue weighted by Gasteiger charge is 2.30. The molecule has 2 amide bonds. The molecular weight excluding hydrogens is 359 g/mol. The molecular formula is C18H18ClFN4O2. The Morgan fingerprint density at radius 3 is 2.73 bits per heavy atom. The second-order valence-corrected chi connectivity index (χ2v) is 6.61. The lowest BCUT2D eigenvalue weighted by atomic mass is 10.2. The zero-order chi connectivity index (χ0) is 18.1. The molecule has 26 heavy (non-hydrogen) atoms. The molecule has 136 valence electrons. The van der Waals surface area contributed by atoms with Crippen LogP contribution in [0.5, 0.6) is 5.75 Å².